The van der Waals surface area contributed by atoms with Gasteiger partial charge in [0.25, 0.3) is 0 Å². The van der Waals surface area contributed by atoms with E-state index in [0.717, 1.165) is 44.2 Å². The zero-order valence-electron chi connectivity index (χ0n) is 11.4. The van der Waals surface area contributed by atoms with Crippen molar-refractivity contribution in [3.8, 4) is 0 Å². The molecule has 5 nitrogen and oxygen atoms in total. The van der Waals surface area contributed by atoms with Gasteiger partial charge in [0.2, 0.25) is 0 Å². The summed E-state index contributed by atoms with van der Waals surface area (Å²) in [5.74, 6) is 2.30. The van der Waals surface area contributed by atoms with Crippen molar-refractivity contribution in [2.24, 2.45) is 0 Å². The van der Waals surface area contributed by atoms with Crippen molar-refractivity contribution in [3.63, 3.8) is 0 Å². The molecule has 0 saturated carbocycles. The van der Waals surface area contributed by atoms with Crippen molar-refractivity contribution in [1.29, 1.82) is 0 Å². The van der Waals surface area contributed by atoms with Crippen LogP contribution < -0.4 is 10.6 Å². The summed E-state index contributed by atoms with van der Waals surface area (Å²) in [5, 5.41) is 0. The van der Waals surface area contributed by atoms with Crippen LogP contribution in [0.2, 0.25) is 0 Å². The van der Waals surface area contributed by atoms with Crippen molar-refractivity contribution in [1.82, 2.24) is 9.97 Å². The molecule has 0 spiro atoms. The van der Waals surface area contributed by atoms with Crippen LogP contribution in [0.15, 0.2) is 6.07 Å². The van der Waals surface area contributed by atoms with Crippen molar-refractivity contribution < 1.29 is 4.74 Å². The van der Waals surface area contributed by atoms with Gasteiger partial charge < -0.3 is 15.4 Å². The standard InChI is InChI=1S/C13H22N4O/c1-4-5-11-15-10(14)8-12(16-11)17-6-7-18-13(2,3)9-17/h8H,4-7,9H2,1-3H3,(H2,14,15,16). The smallest absolute Gasteiger partial charge is 0.134 e. The molecule has 18 heavy (non-hydrogen) atoms. The third-order valence-corrected chi connectivity index (χ3v) is 3.00. The molecule has 0 aliphatic carbocycles. The highest BCUT2D eigenvalue weighted by atomic mass is 16.5. The molecule has 1 aliphatic heterocycles. The SMILES string of the molecule is CCCc1nc(N)cc(N2CCOC(C)(C)C2)n1. The molecule has 5 heteroatoms. The summed E-state index contributed by atoms with van der Waals surface area (Å²) in [6.07, 6.45) is 1.89. The minimum absolute atomic E-state index is 0.136. The van der Waals surface area contributed by atoms with Crippen molar-refractivity contribution >= 4 is 11.6 Å². The van der Waals surface area contributed by atoms with Gasteiger partial charge in [0.15, 0.2) is 0 Å². The first-order valence-corrected chi connectivity index (χ1v) is 6.52. The number of hydrogen-bond donors (Lipinski definition) is 1. The summed E-state index contributed by atoms with van der Waals surface area (Å²) < 4.78 is 5.71. The Morgan fingerprint density at radius 3 is 2.89 bits per heavy atom. The van der Waals surface area contributed by atoms with Gasteiger partial charge in [-0.05, 0) is 20.3 Å². The predicted molar refractivity (Wildman–Crippen MR) is 72.7 cm³/mol. The number of morpholine rings is 1. The third-order valence-electron chi connectivity index (χ3n) is 3.00. The lowest BCUT2D eigenvalue weighted by molar-refractivity contribution is -0.0279. The Morgan fingerprint density at radius 2 is 2.22 bits per heavy atom. The second-order valence-electron chi connectivity index (χ2n) is 5.35. The number of hydrogen-bond acceptors (Lipinski definition) is 5. The highest BCUT2D eigenvalue weighted by Gasteiger charge is 2.28. The topological polar surface area (TPSA) is 64.3 Å². The van der Waals surface area contributed by atoms with Crippen LogP contribution in [0.5, 0.6) is 0 Å². The Morgan fingerprint density at radius 1 is 1.44 bits per heavy atom. The van der Waals surface area contributed by atoms with E-state index >= 15 is 0 Å². The molecule has 100 valence electrons. The number of aryl methyl sites for hydroxylation is 1. The third kappa shape index (κ3) is 3.10. The summed E-state index contributed by atoms with van der Waals surface area (Å²) in [4.78, 5) is 11.1. The van der Waals surface area contributed by atoms with E-state index < -0.39 is 0 Å². The lowest BCUT2D eigenvalue weighted by atomic mass is 10.1. The fourth-order valence-corrected chi connectivity index (χ4v) is 2.21. The van der Waals surface area contributed by atoms with Crippen LogP contribution in [0, 0.1) is 0 Å². The van der Waals surface area contributed by atoms with E-state index in [0.29, 0.717) is 5.82 Å². The second-order valence-corrected chi connectivity index (χ2v) is 5.35. The zero-order valence-corrected chi connectivity index (χ0v) is 11.4. The monoisotopic (exact) mass is 250 g/mol. The molecule has 1 aromatic heterocycles. The maximum absolute atomic E-state index is 5.85. The number of nitrogens with two attached hydrogens (primary N) is 1. The largest absolute Gasteiger partial charge is 0.384 e. The van der Waals surface area contributed by atoms with Crippen LogP contribution >= 0.6 is 0 Å². The van der Waals surface area contributed by atoms with E-state index in [-0.39, 0.29) is 5.60 Å². The van der Waals surface area contributed by atoms with Crippen LogP contribution in [0.3, 0.4) is 0 Å². The fraction of sp³-hybridized carbons (Fsp3) is 0.692. The molecule has 0 aromatic carbocycles. The maximum atomic E-state index is 5.85. The van der Waals surface area contributed by atoms with Gasteiger partial charge in [-0.2, -0.15) is 0 Å². The maximum Gasteiger partial charge on any atom is 0.134 e. The Balaban J connectivity index is 2.21. The first-order chi connectivity index (χ1) is 8.50. The van der Waals surface area contributed by atoms with Gasteiger partial charge in [0.05, 0.1) is 12.2 Å². The summed E-state index contributed by atoms with van der Waals surface area (Å²) in [7, 11) is 0. The molecule has 1 fully saturated rings. The van der Waals surface area contributed by atoms with Gasteiger partial charge in [-0.1, -0.05) is 6.92 Å². The van der Waals surface area contributed by atoms with E-state index in [1.165, 1.54) is 0 Å². The van der Waals surface area contributed by atoms with Crippen LogP contribution in [0.4, 0.5) is 11.6 Å². The molecule has 2 N–H and O–H groups in total. The van der Waals surface area contributed by atoms with Gasteiger partial charge in [-0.3, -0.25) is 0 Å². The normalized spacial score (nSPS) is 18.9. The number of nitrogens with zero attached hydrogens (tertiary/aromatic N) is 3. The quantitative estimate of drug-likeness (QED) is 0.883. The number of nitrogen functional groups attached to an aromatic ring is 1. The average Bonchev–Trinajstić information content (AvgIpc) is 2.27. The van der Waals surface area contributed by atoms with Gasteiger partial charge >= 0.3 is 0 Å². The molecule has 0 amide bonds. The number of anilines is 2. The highest BCUT2D eigenvalue weighted by molar-refractivity contribution is 5.47. The number of ether oxygens (including phenoxy) is 1. The van der Waals surface area contributed by atoms with E-state index in [9.17, 15) is 0 Å². The summed E-state index contributed by atoms with van der Waals surface area (Å²) in [6, 6.07) is 1.85. The highest BCUT2D eigenvalue weighted by Crippen LogP contribution is 2.22. The molecular weight excluding hydrogens is 228 g/mol. The minimum atomic E-state index is -0.136. The Kier molecular flexibility index (Phi) is 3.71. The zero-order chi connectivity index (χ0) is 13.2. The van der Waals surface area contributed by atoms with Gasteiger partial charge in [-0.25, -0.2) is 9.97 Å². The number of aromatic nitrogens is 2. The first kappa shape index (κ1) is 13.1. The van der Waals surface area contributed by atoms with Crippen LogP contribution in [-0.4, -0.2) is 35.3 Å². The molecule has 0 radical (unpaired) electrons. The molecular formula is C13H22N4O. The first-order valence-electron chi connectivity index (χ1n) is 6.52. The van der Waals surface area contributed by atoms with Gasteiger partial charge in [-0.15, -0.1) is 0 Å². The minimum Gasteiger partial charge on any atom is -0.384 e. The molecule has 0 bridgehead atoms. The van der Waals surface area contributed by atoms with Crippen molar-refractivity contribution in [3.05, 3.63) is 11.9 Å². The number of rotatable bonds is 3. The summed E-state index contributed by atoms with van der Waals surface area (Å²) in [5.41, 5.74) is 5.72. The summed E-state index contributed by atoms with van der Waals surface area (Å²) >= 11 is 0. The molecule has 1 saturated heterocycles. The van der Waals surface area contributed by atoms with Crippen LogP contribution in [-0.2, 0) is 11.2 Å². The Hall–Kier alpha value is -1.36. The molecule has 2 heterocycles. The van der Waals surface area contributed by atoms with Gasteiger partial charge in [0, 0.05) is 25.6 Å². The molecule has 2 rings (SSSR count). The van der Waals surface area contributed by atoms with E-state index in [4.69, 9.17) is 10.5 Å². The fourth-order valence-electron chi connectivity index (χ4n) is 2.21. The lowest BCUT2D eigenvalue weighted by Gasteiger charge is -2.38. The van der Waals surface area contributed by atoms with Crippen LogP contribution in [0.25, 0.3) is 0 Å². The van der Waals surface area contributed by atoms with Crippen LogP contribution in [0.1, 0.15) is 33.0 Å². The lowest BCUT2D eigenvalue weighted by Crippen LogP contribution is -2.48. The van der Waals surface area contributed by atoms with E-state index in [1.54, 1.807) is 0 Å². The van der Waals surface area contributed by atoms with Gasteiger partial charge in [0.1, 0.15) is 17.5 Å². The Labute approximate surface area is 108 Å². The van der Waals surface area contributed by atoms with E-state index in [2.05, 4.69) is 35.6 Å². The average molecular weight is 250 g/mol. The predicted octanol–water partition coefficient (Wildman–Crippen LogP) is 1.63. The summed E-state index contributed by atoms with van der Waals surface area (Å²) in [6.45, 7) is 8.71. The van der Waals surface area contributed by atoms with Crippen molar-refractivity contribution in [2.75, 3.05) is 30.3 Å². The Bertz CT molecular complexity index is 419. The second kappa shape index (κ2) is 5.10. The van der Waals surface area contributed by atoms with Crippen molar-refractivity contribution in [2.45, 2.75) is 39.2 Å². The molecule has 1 aliphatic rings. The molecule has 0 atom stereocenters. The molecule has 1 aromatic rings. The van der Waals surface area contributed by atoms with E-state index in [1.807, 2.05) is 6.07 Å². The molecule has 0 unspecified atom stereocenters.